The van der Waals surface area contributed by atoms with Gasteiger partial charge in [0.15, 0.2) is 0 Å². The van der Waals surface area contributed by atoms with Crippen LogP contribution >= 0.6 is 0 Å². The lowest BCUT2D eigenvalue weighted by Crippen LogP contribution is -2.54. The maximum absolute atomic E-state index is 12.5. The highest BCUT2D eigenvalue weighted by Crippen LogP contribution is 2.28. The molecule has 1 saturated carbocycles. The van der Waals surface area contributed by atoms with Crippen molar-refractivity contribution in [3.63, 3.8) is 0 Å². The highest BCUT2D eigenvalue weighted by molar-refractivity contribution is 5.78. The summed E-state index contributed by atoms with van der Waals surface area (Å²) >= 11 is 0. The van der Waals surface area contributed by atoms with Gasteiger partial charge in [0.05, 0.1) is 12.6 Å². The largest absolute Gasteiger partial charge is 0.339 e. The lowest BCUT2D eigenvalue weighted by molar-refractivity contribution is -0.135. The molecule has 0 bridgehead atoms. The number of rotatable bonds is 6. The van der Waals surface area contributed by atoms with Gasteiger partial charge in [-0.3, -0.25) is 14.6 Å². The summed E-state index contributed by atoms with van der Waals surface area (Å²) in [5.74, 6) is 0.580. The number of nitriles is 1. The zero-order valence-electron chi connectivity index (χ0n) is 14.5. The highest BCUT2D eigenvalue weighted by atomic mass is 16.2. The van der Waals surface area contributed by atoms with Gasteiger partial charge in [-0.2, -0.15) is 5.26 Å². The van der Waals surface area contributed by atoms with Crippen LogP contribution in [0.4, 0.5) is 0 Å². The van der Waals surface area contributed by atoms with Gasteiger partial charge in [-0.05, 0) is 32.6 Å². The van der Waals surface area contributed by atoms with Crippen molar-refractivity contribution in [2.75, 3.05) is 32.7 Å². The van der Waals surface area contributed by atoms with Crippen LogP contribution < -0.4 is 0 Å². The number of piperazine rings is 1. The lowest BCUT2D eigenvalue weighted by atomic mass is 10.0. The summed E-state index contributed by atoms with van der Waals surface area (Å²) in [6.07, 6.45) is 2.47. The average molecular weight is 306 g/mol. The van der Waals surface area contributed by atoms with E-state index in [9.17, 15) is 10.1 Å². The highest BCUT2D eigenvalue weighted by Gasteiger charge is 2.34. The molecule has 0 radical (unpaired) electrons. The van der Waals surface area contributed by atoms with E-state index >= 15 is 0 Å². The minimum atomic E-state index is -0.0316. The first-order chi connectivity index (χ1) is 10.4. The van der Waals surface area contributed by atoms with Crippen molar-refractivity contribution in [3.05, 3.63) is 0 Å². The Morgan fingerprint density at radius 2 is 1.77 bits per heavy atom. The Bertz CT molecular complexity index is 415. The van der Waals surface area contributed by atoms with Gasteiger partial charge in [0.1, 0.15) is 6.04 Å². The van der Waals surface area contributed by atoms with Gasteiger partial charge in [-0.1, -0.05) is 13.8 Å². The van der Waals surface area contributed by atoms with Crippen molar-refractivity contribution in [1.82, 2.24) is 14.7 Å². The van der Waals surface area contributed by atoms with Crippen molar-refractivity contribution in [1.29, 1.82) is 5.26 Å². The standard InChI is InChI=1S/C17H30N4O/c1-13(2)16(11-18)19-7-9-20(10-8-19)17(22)12-21(14(3)4)15-5-6-15/h13-16H,5-10,12H2,1-4H3. The Hall–Kier alpha value is -1.12. The second kappa shape index (κ2) is 7.43. The smallest absolute Gasteiger partial charge is 0.236 e. The van der Waals surface area contributed by atoms with E-state index in [2.05, 4.69) is 43.6 Å². The van der Waals surface area contributed by atoms with Crippen molar-refractivity contribution in [2.24, 2.45) is 5.92 Å². The van der Waals surface area contributed by atoms with Gasteiger partial charge in [-0.25, -0.2) is 0 Å². The van der Waals surface area contributed by atoms with Crippen LogP contribution in [0.1, 0.15) is 40.5 Å². The first-order valence-corrected chi connectivity index (χ1v) is 8.61. The van der Waals surface area contributed by atoms with Crippen LogP contribution in [0.15, 0.2) is 0 Å². The zero-order valence-corrected chi connectivity index (χ0v) is 14.5. The van der Waals surface area contributed by atoms with E-state index in [1.165, 1.54) is 12.8 Å². The summed E-state index contributed by atoms with van der Waals surface area (Å²) in [6, 6.07) is 3.42. The Balaban J connectivity index is 1.83. The molecule has 124 valence electrons. The number of amides is 1. The Morgan fingerprint density at radius 1 is 1.18 bits per heavy atom. The van der Waals surface area contributed by atoms with Gasteiger partial charge in [0, 0.05) is 38.3 Å². The van der Waals surface area contributed by atoms with Crippen LogP contribution in [0, 0.1) is 17.2 Å². The number of nitrogens with zero attached hydrogens (tertiary/aromatic N) is 4. The SMILES string of the molecule is CC(C)C(C#N)N1CCN(C(=O)CN(C(C)C)C2CC2)CC1. The van der Waals surface area contributed by atoms with E-state index in [1.807, 2.05) is 4.90 Å². The predicted octanol–water partition coefficient (Wildman–Crippen LogP) is 1.55. The first-order valence-electron chi connectivity index (χ1n) is 8.61. The maximum Gasteiger partial charge on any atom is 0.236 e. The monoisotopic (exact) mass is 306 g/mol. The predicted molar refractivity (Wildman–Crippen MR) is 87.3 cm³/mol. The molecule has 1 aliphatic carbocycles. The second-order valence-electron chi connectivity index (χ2n) is 7.23. The summed E-state index contributed by atoms with van der Waals surface area (Å²) in [4.78, 5) is 19.1. The van der Waals surface area contributed by atoms with E-state index < -0.39 is 0 Å². The molecule has 0 aromatic heterocycles. The molecule has 1 unspecified atom stereocenters. The third kappa shape index (κ3) is 4.21. The fourth-order valence-electron chi connectivity index (χ4n) is 3.30. The molecule has 2 rings (SSSR count). The lowest BCUT2D eigenvalue weighted by Gasteiger charge is -2.39. The van der Waals surface area contributed by atoms with Gasteiger partial charge in [0.2, 0.25) is 5.91 Å². The summed E-state index contributed by atoms with van der Waals surface area (Å²) in [5, 5.41) is 9.29. The fourth-order valence-corrected chi connectivity index (χ4v) is 3.30. The van der Waals surface area contributed by atoms with E-state index in [-0.39, 0.29) is 11.9 Å². The fraction of sp³-hybridized carbons (Fsp3) is 0.882. The average Bonchev–Trinajstić information content (AvgIpc) is 3.29. The molecule has 0 aromatic rings. The second-order valence-corrected chi connectivity index (χ2v) is 7.23. The zero-order chi connectivity index (χ0) is 16.3. The van der Waals surface area contributed by atoms with Crippen molar-refractivity contribution in [2.45, 2.75) is 58.7 Å². The molecule has 0 N–H and O–H groups in total. The number of hydrogen-bond acceptors (Lipinski definition) is 4. The Kier molecular flexibility index (Phi) is 5.82. The summed E-state index contributed by atoms with van der Waals surface area (Å²) in [7, 11) is 0. The van der Waals surface area contributed by atoms with E-state index in [0.717, 1.165) is 26.2 Å². The van der Waals surface area contributed by atoms with Crippen LogP contribution in [-0.4, -0.2) is 71.5 Å². The van der Waals surface area contributed by atoms with E-state index in [1.54, 1.807) is 0 Å². The van der Waals surface area contributed by atoms with Crippen LogP contribution in [-0.2, 0) is 4.79 Å². The first kappa shape index (κ1) is 17.2. The van der Waals surface area contributed by atoms with E-state index in [0.29, 0.717) is 24.5 Å². The van der Waals surface area contributed by atoms with Gasteiger partial charge >= 0.3 is 0 Å². The molecule has 2 aliphatic rings. The summed E-state index contributed by atoms with van der Waals surface area (Å²) in [5.41, 5.74) is 0. The van der Waals surface area contributed by atoms with Crippen LogP contribution in [0.3, 0.4) is 0 Å². The van der Waals surface area contributed by atoms with Gasteiger partial charge < -0.3 is 4.90 Å². The molecule has 0 spiro atoms. The molecule has 5 nitrogen and oxygen atoms in total. The summed E-state index contributed by atoms with van der Waals surface area (Å²) in [6.45, 7) is 12.2. The molecule has 22 heavy (non-hydrogen) atoms. The maximum atomic E-state index is 12.5. The molecule has 1 amide bonds. The molecule has 1 atom stereocenters. The van der Waals surface area contributed by atoms with Crippen molar-refractivity contribution < 1.29 is 4.79 Å². The summed E-state index contributed by atoms with van der Waals surface area (Å²) < 4.78 is 0. The van der Waals surface area contributed by atoms with Crippen molar-refractivity contribution in [3.8, 4) is 6.07 Å². The number of hydrogen-bond donors (Lipinski definition) is 0. The Morgan fingerprint density at radius 3 is 2.18 bits per heavy atom. The molecule has 1 saturated heterocycles. The quantitative estimate of drug-likeness (QED) is 0.747. The topological polar surface area (TPSA) is 50.6 Å². The van der Waals surface area contributed by atoms with Gasteiger partial charge in [0.25, 0.3) is 0 Å². The third-order valence-electron chi connectivity index (χ3n) is 4.82. The Labute approximate surface area is 134 Å². The molecule has 1 heterocycles. The van der Waals surface area contributed by atoms with Crippen LogP contribution in [0.25, 0.3) is 0 Å². The van der Waals surface area contributed by atoms with Crippen molar-refractivity contribution >= 4 is 5.91 Å². The molecule has 2 fully saturated rings. The van der Waals surface area contributed by atoms with Gasteiger partial charge in [-0.15, -0.1) is 0 Å². The van der Waals surface area contributed by atoms with Crippen LogP contribution in [0.2, 0.25) is 0 Å². The molecular weight excluding hydrogens is 276 g/mol. The molecule has 5 heteroatoms. The van der Waals surface area contributed by atoms with E-state index in [4.69, 9.17) is 0 Å². The molecular formula is C17H30N4O. The minimum Gasteiger partial charge on any atom is -0.339 e. The number of carbonyl (C=O) groups excluding carboxylic acids is 1. The molecule has 1 aliphatic heterocycles. The normalized spacial score (nSPS) is 21.5. The molecule has 0 aromatic carbocycles. The number of carbonyl (C=O) groups is 1. The minimum absolute atomic E-state index is 0.0316. The third-order valence-corrected chi connectivity index (χ3v) is 4.82. The van der Waals surface area contributed by atoms with Crippen LogP contribution in [0.5, 0.6) is 0 Å².